The number of hydrogen-bond donors (Lipinski definition) is 1. The highest BCUT2D eigenvalue weighted by molar-refractivity contribution is 6.74. The monoisotopic (exact) mass is 813 g/mol. The number of fused-ring (bicyclic) bond motifs is 5. The quantitative estimate of drug-likeness (QED) is 0.0663. The molecule has 0 spiro atoms. The number of rotatable bonds is 27. The summed E-state index contributed by atoms with van der Waals surface area (Å²) < 4.78 is 7.05. The molecule has 0 aromatic heterocycles. The summed E-state index contributed by atoms with van der Waals surface area (Å²) in [4.78, 5) is 16.0. The summed E-state index contributed by atoms with van der Waals surface area (Å²) in [5, 5.41) is 3.68. The van der Waals surface area contributed by atoms with Crippen molar-refractivity contribution >= 4 is 14.2 Å². The Morgan fingerprint density at radius 2 is 1.26 bits per heavy atom. The van der Waals surface area contributed by atoms with E-state index in [1.54, 1.807) is 0 Å². The van der Waals surface area contributed by atoms with Gasteiger partial charge in [0.15, 0.2) is 8.32 Å². The molecule has 0 saturated heterocycles. The fourth-order valence-electron chi connectivity index (χ4n) is 13.2. The van der Waals surface area contributed by atoms with Gasteiger partial charge in [0.05, 0.1) is 0 Å². The zero-order valence-corrected chi connectivity index (χ0v) is 41.2. The van der Waals surface area contributed by atoms with Crippen LogP contribution in [0.25, 0.3) is 0 Å². The normalized spacial score (nSPS) is 30.9. The topological polar surface area (TPSA) is 41.6 Å². The minimum Gasteiger partial charge on any atom is -0.414 e. The Hall–Kier alpha value is -0.393. The summed E-state index contributed by atoms with van der Waals surface area (Å²) in [5.74, 6) is 5.29. The first-order chi connectivity index (χ1) is 27.2. The zero-order chi connectivity index (χ0) is 41.5. The Labute approximate surface area is 357 Å². The number of unbranched alkanes of at least 4 members (excludes halogenated alkanes) is 14. The summed E-state index contributed by atoms with van der Waals surface area (Å²) in [6.45, 7) is 28.9. The van der Waals surface area contributed by atoms with Crippen LogP contribution in [-0.2, 0) is 9.22 Å². The van der Waals surface area contributed by atoms with Gasteiger partial charge in [-0.1, -0.05) is 145 Å². The largest absolute Gasteiger partial charge is 0.414 e. The molecule has 1 N–H and O–H groups in total. The summed E-state index contributed by atoms with van der Waals surface area (Å²) in [6, 6.07) is 0. The van der Waals surface area contributed by atoms with Crippen molar-refractivity contribution in [3.63, 3.8) is 0 Å². The third kappa shape index (κ3) is 14.1. The van der Waals surface area contributed by atoms with Gasteiger partial charge in [0, 0.05) is 25.6 Å². The third-order valence-electron chi connectivity index (χ3n) is 17.9. The van der Waals surface area contributed by atoms with Gasteiger partial charge in [-0.3, -0.25) is 4.79 Å². The minimum atomic E-state index is -1.73. The summed E-state index contributed by atoms with van der Waals surface area (Å²) >= 11 is 0. The van der Waals surface area contributed by atoms with Crippen molar-refractivity contribution in [2.24, 2.45) is 46.3 Å². The van der Waals surface area contributed by atoms with Crippen LogP contribution in [0.2, 0.25) is 18.1 Å². The molecule has 0 bridgehead atoms. The van der Waals surface area contributed by atoms with Crippen LogP contribution < -0.4 is 5.32 Å². The van der Waals surface area contributed by atoms with Gasteiger partial charge < -0.3 is 14.6 Å². The molecule has 334 valence electrons. The van der Waals surface area contributed by atoms with E-state index < -0.39 is 8.32 Å². The summed E-state index contributed by atoms with van der Waals surface area (Å²) in [6.07, 6.45) is 36.8. The Morgan fingerprint density at radius 1 is 0.719 bits per heavy atom. The molecule has 1 unspecified atom stereocenters. The summed E-state index contributed by atoms with van der Waals surface area (Å²) in [7, 11) is -1.73. The zero-order valence-electron chi connectivity index (χ0n) is 40.2. The van der Waals surface area contributed by atoms with E-state index in [1.165, 1.54) is 174 Å². The average molecular weight is 813 g/mol. The first kappa shape index (κ1) is 49.3. The van der Waals surface area contributed by atoms with Crippen LogP contribution >= 0.6 is 0 Å². The highest BCUT2D eigenvalue weighted by Gasteiger charge is 2.61. The Morgan fingerprint density at radius 3 is 1.84 bits per heavy atom. The van der Waals surface area contributed by atoms with Gasteiger partial charge in [-0.05, 0) is 155 Å². The van der Waals surface area contributed by atoms with Crippen LogP contribution in [-0.4, -0.2) is 51.4 Å². The van der Waals surface area contributed by atoms with Gasteiger partial charge in [-0.25, -0.2) is 0 Å². The van der Waals surface area contributed by atoms with Crippen molar-refractivity contribution < 1.29 is 9.22 Å². The number of carbonyl (C=O) groups is 1. The van der Waals surface area contributed by atoms with Crippen molar-refractivity contribution in [3.8, 4) is 0 Å². The molecule has 4 rings (SSSR count). The predicted octanol–water partition coefficient (Wildman–Crippen LogP) is 15.2. The highest BCUT2D eigenvalue weighted by atomic mass is 28.4. The molecular formula is C52H100N2O2Si. The molecule has 4 fully saturated rings. The van der Waals surface area contributed by atoms with Crippen molar-refractivity contribution in [1.29, 1.82) is 0 Å². The van der Waals surface area contributed by atoms with Gasteiger partial charge in [-0.2, -0.15) is 0 Å². The Balaban J connectivity index is 1.19. The van der Waals surface area contributed by atoms with Gasteiger partial charge in [0.2, 0.25) is 5.91 Å². The lowest BCUT2D eigenvalue weighted by Gasteiger charge is -2.61. The fourth-order valence-corrected chi connectivity index (χ4v) is 14.6. The molecule has 0 aromatic carbocycles. The molecule has 5 heteroatoms. The van der Waals surface area contributed by atoms with Gasteiger partial charge in [-0.15, -0.1) is 0 Å². The maximum Gasteiger partial charge on any atom is 0.220 e. The van der Waals surface area contributed by atoms with E-state index in [9.17, 15) is 4.79 Å². The van der Waals surface area contributed by atoms with Crippen molar-refractivity contribution in [3.05, 3.63) is 0 Å². The number of hydrogen-bond acceptors (Lipinski definition) is 3. The van der Waals surface area contributed by atoms with E-state index in [1.807, 2.05) is 0 Å². The van der Waals surface area contributed by atoms with Crippen LogP contribution in [0.3, 0.4) is 0 Å². The van der Waals surface area contributed by atoms with Crippen LogP contribution in [0, 0.1) is 46.3 Å². The minimum absolute atomic E-state index is 0.291. The first-order valence-corrected chi connectivity index (χ1v) is 28.7. The molecule has 4 aliphatic rings. The van der Waals surface area contributed by atoms with Crippen LogP contribution in [0.5, 0.6) is 0 Å². The molecule has 9 atom stereocenters. The molecule has 0 heterocycles. The maximum absolute atomic E-state index is 13.3. The molecule has 0 aliphatic heterocycles. The number of amides is 1. The predicted molar refractivity (Wildman–Crippen MR) is 250 cm³/mol. The maximum atomic E-state index is 13.3. The SMILES string of the molecule is CCCCCCCCCCN(CCCCCCCCCC)CCNC(=O)CC[C@@H](C)[C@H]1CC[C@H]2[C@@H]3CCC4C[C@H](O[Si](C)(C)C(C)(C)C)CC[C@]4(C)[C@H]3CC[C@]12C. The second kappa shape index (κ2) is 23.7. The molecule has 4 nitrogen and oxygen atoms in total. The molecule has 1 amide bonds. The number of nitrogens with one attached hydrogen (secondary N) is 1. The molecule has 0 aromatic rings. The highest BCUT2D eigenvalue weighted by Crippen LogP contribution is 2.68. The second-order valence-corrected chi connectivity index (χ2v) is 27.6. The lowest BCUT2D eigenvalue weighted by Crippen LogP contribution is -2.55. The van der Waals surface area contributed by atoms with E-state index in [0.29, 0.717) is 40.2 Å². The van der Waals surface area contributed by atoms with E-state index in [0.717, 1.165) is 49.1 Å². The summed E-state index contributed by atoms with van der Waals surface area (Å²) in [5.41, 5.74) is 0.977. The average Bonchev–Trinajstić information content (AvgIpc) is 3.52. The number of nitrogens with zero attached hydrogens (tertiary/aromatic N) is 1. The van der Waals surface area contributed by atoms with Crippen molar-refractivity contribution in [2.75, 3.05) is 26.2 Å². The Kier molecular flexibility index (Phi) is 20.5. The smallest absolute Gasteiger partial charge is 0.220 e. The second-order valence-electron chi connectivity index (χ2n) is 22.8. The van der Waals surface area contributed by atoms with Gasteiger partial charge in [0.25, 0.3) is 0 Å². The van der Waals surface area contributed by atoms with Gasteiger partial charge in [0.1, 0.15) is 0 Å². The standard InChI is InChI=1S/C52H100N2O2Si/c1-11-13-15-17-19-21-23-25-38-54(39-26-24-22-20-18-16-14-12-2)40-37-53-49(55)32-27-42(3)46-30-31-47-45-29-28-43-41-44(56-57(9,10)50(4,5)6)33-35-51(43,7)48(45)34-36-52(46,47)8/h42-48H,11-41H2,1-10H3,(H,53,55)/t42-,43?,44-,45+,46-,47+,48+,51+,52-/m1/s1. The van der Waals surface area contributed by atoms with Crippen LogP contribution in [0.1, 0.15) is 229 Å². The van der Waals surface area contributed by atoms with Crippen molar-refractivity contribution in [1.82, 2.24) is 10.2 Å². The molecule has 0 radical (unpaired) electrons. The first-order valence-electron chi connectivity index (χ1n) is 25.8. The van der Waals surface area contributed by atoms with Crippen molar-refractivity contribution in [2.45, 2.75) is 253 Å². The van der Waals surface area contributed by atoms with E-state index in [4.69, 9.17) is 4.43 Å². The molecule has 4 saturated carbocycles. The molecular weight excluding hydrogens is 713 g/mol. The third-order valence-corrected chi connectivity index (χ3v) is 22.4. The molecule has 57 heavy (non-hydrogen) atoms. The van der Waals surface area contributed by atoms with Crippen LogP contribution in [0.15, 0.2) is 0 Å². The fraction of sp³-hybridized carbons (Fsp3) is 0.981. The lowest BCUT2D eigenvalue weighted by molar-refractivity contribution is -0.128. The van der Waals surface area contributed by atoms with Gasteiger partial charge >= 0.3 is 0 Å². The van der Waals surface area contributed by atoms with Crippen LogP contribution in [0.4, 0.5) is 0 Å². The van der Waals surface area contributed by atoms with E-state index in [2.05, 4.69) is 78.7 Å². The lowest BCUT2D eigenvalue weighted by atomic mass is 9.44. The van der Waals surface area contributed by atoms with E-state index in [-0.39, 0.29) is 0 Å². The molecule has 4 aliphatic carbocycles. The van der Waals surface area contributed by atoms with E-state index >= 15 is 0 Å². The Bertz CT molecular complexity index is 1120. The number of carbonyl (C=O) groups excluding carboxylic acids is 1.